The number of aromatic nitrogens is 3. The zero-order valence-electron chi connectivity index (χ0n) is 10.7. The minimum atomic E-state index is 0.464. The van der Waals surface area contributed by atoms with Gasteiger partial charge in [-0.15, -0.1) is 16.7 Å². The summed E-state index contributed by atoms with van der Waals surface area (Å²) < 4.78 is 2.02. The van der Waals surface area contributed by atoms with Crippen LogP contribution in [0.25, 0.3) is 0 Å². The van der Waals surface area contributed by atoms with Gasteiger partial charge in [0.05, 0.1) is 11.6 Å². The van der Waals surface area contributed by atoms with Crippen molar-refractivity contribution in [2.45, 2.75) is 53.0 Å². The highest BCUT2D eigenvalue weighted by molar-refractivity contribution is 6.16. The molecule has 0 aliphatic heterocycles. The van der Waals surface area contributed by atoms with Gasteiger partial charge in [0.15, 0.2) is 0 Å². The van der Waals surface area contributed by atoms with E-state index >= 15 is 0 Å². The fraction of sp³-hybridized carbons (Fsp3) is 0.833. The summed E-state index contributed by atoms with van der Waals surface area (Å²) in [5.74, 6) is 1.75. The summed E-state index contributed by atoms with van der Waals surface area (Å²) in [6.45, 7) is 9.77. The van der Waals surface area contributed by atoms with Gasteiger partial charge in [-0.2, -0.15) is 0 Å². The van der Waals surface area contributed by atoms with E-state index in [1.807, 2.05) is 4.68 Å². The SMILES string of the molecule is CC(C)CCc1c(CCl)nnn1CC(C)C. The van der Waals surface area contributed by atoms with Gasteiger partial charge in [0, 0.05) is 6.54 Å². The van der Waals surface area contributed by atoms with Crippen LogP contribution in [0.2, 0.25) is 0 Å². The van der Waals surface area contributed by atoms with E-state index in [0.29, 0.717) is 17.7 Å². The molecular weight excluding hydrogens is 222 g/mol. The molecule has 0 aromatic carbocycles. The maximum absolute atomic E-state index is 5.88. The van der Waals surface area contributed by atoms with Crippen LogP contribution >= 0.6 is 11.6 Å². The Morgan fingerprint density at radius 3 is 2.38 bits per heavy atom. The van der Waals surface area contributed by atoms with Gasteiger partial charge in [-0.1, -0.05) is 32.9 Å². The lowest BCUT2D eigenvalue weighted by Crippen LogP contribution is -2.11. The Morgan fingerprint density at radius 1 is 1.19 bits per heavy atom. The average molecular weight is 244 g/mol. The van der Waals surface area contributed by atoms with E-state index in [0.717, 1.165) is 25.1 Å². The topological polar surface area (TPSA) is 30.7 Å². The van der Waals surface area contributed by atoms with Crippen molar-refractivity contribution in [3.05, 3.63) is 11.4 Å². The molecule has 0 N–H and O–H groups in total. The monoisotopic (exact) mass is 243 g/mol. The second kappa shape index (κ2) is 6.24. The van der Waals surface area contributed by atoms with E-state index in [9.17, 15) is 0 Å². The van der Waals surface area contributed by atoms with Crippen LogP contribution < -0.4 is 0 Å². The Labute approximate surface area is 103 Å². The van der Waals surface area contributed by atoms with Gasteiger partial charge >= 0.3 is 0 Å². The Hall–Kier alpha value is -0.570. The third-order valence-corrected chi connectivity index (χ3v) is 2.79. The molecule has 1 aromatic rings. The summed E-state index contributed by atoms with van der Waals surface area (Å²) in [6, 6.07) is 0. The third-order valence-electron chi connectivity index (χ3n) is 2.54. The fourth-order valence-corrected chi connectivity index (χ4v) is 1.87. The molecular formula is C12H22ClN3. The van der Waals surface area contributed by atoms with E-state index < -0.39 is 0 Å². The fourth-order valence-electron chi connectivity index (χ4n) is 1.66. The molecule has 1 heterocycles. The molecule has 0 aliphatic carbocycles. The normalized spacial score (nSPS) is 11.7. The summed E-state index contributed by atoms with van der Waals surface area (Å²) in [4.78, 5) is 0. The molecule has 0 radical (unpaired) electrons. The standard InChI is InChI=1S/C12H22ClN3/c1-9(2)5-6-12-11(7-13)14-15-16(12)8-10(3)4/h9-10H,5-8H2,1-4H3. The number of alkyl halides is 1. The van der Waals surface area contributed by atoms with Crippen molar-refractivity contribution in [1.29, 1.82) is 0 Å². The first-order chi connectivity index (χ1) is 7.54. The summed E-state index contributed by atoms with van der Waals surface area (Å²) >= 11 is 5.88. The first kappa shape index (κ1) is 13.5. The molecule has 3 nitrogen and oxygen atoms in total. The molecule has 0 saturated carbocycles. The number of hydrogen-bond acceptors (Lipinski definition) is 2. The molecule has 0 amide bonds. The first-order valence-electron chi connectivity index (χ1n) is 6.01. The van der Waals surface area contributed by atoms with E-state index in [1.54, 1.807) is 0 Å². The predicted octanol–water partition coefficient (Wildman–Crippen LogP) is 3.26. The molecule has 0 unspecified atom stereocenters. The smallest absolute Gasteiger partial charge is 0.101 e. The summed E-state index contributed by atoms with van der Waals surface area (Å²) in [7, 11) is 0. The van der Waals surface area contributed by atoms with Crippen molar-refractivity contribution in [2.75, 3.05) is 0 Å². The second-order valence-corrected chi connectivity index (χ2v) is 5.39. The van der Waals surface area contributed by atoms with Crippen molar-refractivity contribution >= 4 is 11.6 Å². The Kier molecular flexibility index (Phi) is 5.26. The first-order valence-corrected chi connectivity index (χ1v) is 6.55. The highest BCUT2D eigenvalue weighted by Gasteiger charge is 2.13. The van der Waals surface area contributed by atoms with E-state index in [2.05, 4.69) is 38.0 Å². The third kappa shape index (κ3) is 3.78. The van der Waals surface area contributed by atoms with Gasteiger partial charge in [-0.05, 0) is 24.7 Å². The Bertz CT molecular complexity index is 318. The molecule has 92 valence electrons. The highest BCUT2D eigenvalue weighted by Crippen LogP contribution is 2.15. The van der Waals surface area contributed by atoms with Crippen LogP contribution in [-0.4, -0.2) is 15.0 Å². The van der Waals surface area contributed by atoms with Crippen LogP contribution in [0.5, 0.6) is 0 Å². The van der Waals surface area contributed by atoms with E-state index in [1.165, 1.54) is 5.69 Å². The van der Waals surface area contributed by atoms with Crippen molar-refractivity contribution in [2.24, 2.45) is 11.8 Å². The summed E-state index contributed by atoms with van der Waals surface area (Å²) in [5.41, 5.74) is 2.17. The van der Waals surface area contributed by atoms with Gasteiger partial charge in [-0.3, -0.25) is 0 Å². The van der Waals surface area contributed by atoms with Crippen molar-refractivity contribution in [3.8, 4) is 0 Å². The van der Waals surface area contributed by atoms with Gasteiger partial charge in [-0.25, -0.2) is 4.68 Å². The van der Waals surface area contributed by atoms with Gasteiger partial charge < -0.3 is 0 Å². The van der Waals surface area contributed by atoms with E-state index in [-0.39, 0.29) is 0 Å². The number of halogens is 1. The van der Waals surface area contributed by atoms with Crippen LogP contribution in [0.4, 0.5) is 0 Å². The summed E-state index contributed by atoms with van der Waals surface area (Å²) in [5, 5.41) is 8.33. The number of nitrogens with zero attached hydrogens (tertiary/aromatic N) is 3. The molecule has 0 fully saturated rings. The van der Waals surface area contributed by atoms with E-state index in [4.69, 9.17) is 11.6 Å². The molecule has 0 atom stereocenters. The maximum Gasteiger partial charge on any atom is 0.101 e. The Balaban J connectivity index is 2.79. The maximum atomic E-state index is 5.88. The van der Waals surface area contributed by atoms with Crippen LogP contribution in [0.15, 0.2) is 0 Å². The van der Waals surface area contributed by atoms with Gasteiger partial charge in [0.25, 0.3) is 0 Å². The van der Waals surface area contributed by atoms with Gasteiger partial charge in [0.1, 0.15) is 5.69 Å². The molecule has 16 heavy (non-hydrogen) atoms. The lowest BCUT2D eigenvalue weighted by Gasteiger charge is -2.10. The second-order valence-electron chi connectivity index (χ2n) is 5.12. The lowest BCUT2D eigenvalue weighted by atomic mass is 10.1. The van der Waals surface area contributed by atoms with Gasteiger partial charge in [0.2, 0.25) is 0 Å². The highest BCUT2D eigenvalue weighted by atomic mass is 35.5. The molecule has 0 spiro atoms. The van der Waals surface area contributed by atoms with Crippen molar-refractivity contribution in [1.82, 2.24) is 15.0 Å². The molecule has 1 aromatic heterocycles. The molecule has 0 aliphatic rings. The molecule has 0 saturated heterocycles. The number of hydrogen-bond donors (Lipinski definition) is 0. The zero-order valence-corrected chi connectivity index (χ0v) is 11.5. The Morgan fingerprint density at radius 2 is 1.88 bits per heavy atom. The quantitative estimate of drug-likeness (QED) is 0.718. The number of rotatable bonds is 6. The largest absolute Gasteiger partial charge is 0.249 e. The minimum absolute atomic E-state index is 0.464. The van der Waals surface area contributed by atoms with Crippen LogP contribution in [-0.2, 0) is 18.8 Å². The van der Waals surface area contributed by atoms with Crippen LogP contribution in [0.1, 0.15) is 45.5 Å². The van der Waals surface area contributed by atoms with Crippen LogP contribution in [0, 0.1) is 11.8 Å². The minimum Gasteiger partial charge on any atom is -0.249 e. The molecule has 1 rings (SSSR count). The van der Waals surface area contributed by atoms with Crippen LogP contribution in [0.3, 0.4) is 0 Å². The molecule has 0 bridgehead atoms. The summed E-state index contributed by atoms with van der Waals surface area (Å²) in [6.07, 6.45) is 2.19. The van der Waals surface area contributed by atoms with Crippen molar-refractivity contribution in [3.63, 3.8) is 0 Å². The zero-order chi connectivity index (χ0) is 12.1. The average Bonchev–Trinajstić information content (AvgIpc) is 2.56. The lowest BCUT2D eigenvalue weighted by molar-refractivity contribution is 0.450. The van der Waals surface area contributed by atoms with Crippen molar-refractivity contribution < 1.29 is 0 Å². The predicted molar refractivity (Wildman–Crippen MR) is 67.6 cm³/mol. The molecule has 4 heteroatoms.